The van der Waals surface area contributed by atoms with Crippen LogP contribution in [0, 0.1) is 5.92 Å². The first-order valence-corrected chi connectivity index (χ1v) is 7.55. The Balaban J connectivity index is 2.00. The molecule has 0 atom stereocenters. The zero-order valence-corrected chi connectivity index (χ0v) is 12.6. The number of hydrogen-bond acceptors (Lipinski definition) is 4. The van der Waals surface area contributed by atoms with Crippen LogP contribution in [0.25, 0.3) is 6.08 Å². The number of rotatable bonds is 4. The van der Waals surface area contributed by atoms with Gasteiger partial charge in [-0.2, -0.15) is 0 Å². The molecule has 0 aliphatic carbocycles. The van der Waals surface area contributed by atoms with Crippen LogP contribution in [0.15, 0.2) is 23.9 Å². The summed E-state index contributed by atoms with van der Waals surface area (Å²) in [7, 11) is 1.63. The van der Waals surface area contributed by atoms with Crippen LogP contribution in [0.4, 0.5) is 0 Å². The largest absolute Gasteiger partial charge is 0.493 e. The number of fused-ring (bicyclic) bond motifs is 3. The Hall–Kier alpha value is -1.97. The number of ether oxygens (including phenoxy) is 2. The molecule has 1 aromatic rings. The van der Waals surface area contributed by atoms with Crippen molar-refractivity contribution in [2.45, 2.75) is 19.8 Å². The summed E-state index contributed by atoms with van der Waals surface area (Å²) in [6.07, 6.45) is 3.94. The molecule has 4 heteroatoms. The van der Waals surface area contributed by atoms with Gasteiger partial charge in [0.25, 0.3) is 0 Å². The predicted octanol–water partition coefficient (Wildman–Crippen LogP) is 2.73. The van der Waals surface area contributed by atoms with E-state index in [1.165, 1.54) is 0 Å². The number of para-hydroxylation sites is 1. The number of ketones is 1. The number of nitrogens with zero attached hydrogens (tertiary/aromatic N) is 1. The molecule has 3 aliphatic heterocycles. The van der Waals surface area contributed by atoms with Crippen molar-refractivity contribution in [1.29, 1.82) is 0 Å². The average Bonchev–Trinajstić information content (AvgIpc) is 2.53. The summed E-state index contributed by atoms with van der Waals surface area (Å²) in [4.78, 5) is 14.6. The Morgan fingerprint density at radius 3 is 2.71 bits per heavy atom. The van der Waals surface area contributed by atoms with Crippen LogP contribution in [-0.2, 0) is 4.79 Å². The van der Waals surface area contributed by atoms with E-state index in [9.17, 15) is 4.79 Å². The molecule has 3 heterocycles. The van der Waals surface area contributed by atoms with Gasteiger partial charge in [0, 0.05) is 24.6 Å². The number of piperidine rings is 3. The standard InChI is InChI=1S/C17H21NO3/c1-3-21-17-13(5-4-6-15(17)20-2)11-14-16(19)12-7-9-18(14)10-8-12/h4-6,11-12H,3,7-10H2,1-2H3/b14-11-. The number of allylic oxidation sites excluding steroid dienone is 1. The Kier molecular flexibility index (Phi) is 3.86. The van der Waals surface area contributed by atoms with E-state index in [0.717, 1.165) is 37.2 Å². The first-order chi connectivity index (χ1) is 10.2. The van der Waals surface area contributed by atoms with Gasteiger partial charge < -0.3 is 14.4 Å². The normalized spacial score (nSPS) is 20.2. The summed E-state index contributed by atoms with van der Waals surface area (Å²) in [6.45, 7) is 4.48. The van der Waals surface area contributed by atoms with Gasteiger partial charge in [0.2, 0.25) is 0 Å². The molecule has 0 aromatic heterocycles. The fraction of sp³-hybridized carbons (Fsp3) is 0.471. The van der Waals surface area contributed by atoms with E-state index in [2.05, 4.69) is 4.90 Å². The average molecular weight is 287 g/mol. The van der Waals surface area contributed by atoms with Gasteiger partial charge >= 0.3 is 0 Å². The van der Waals surface area contributed by atoms with Gasteiger partial charge in [0.15, 0.2) is 17.3 Å². The minimum absolute atomic E-state index is 0.211. The minimum atomic E-state index is 0.211. The molecule has 3 saturated heterocycles. The summed E-state index contributed by atoms with van der Waals surface area (Å²) in [6, 6.07) is 5.77. The maximum Gasteiger partial charge on any atom is 0.182 e. The third-order valence-corrected chi connectivity index (χ3v) is 4.27. The molecule has 21 heavy (non-hydrogen) atoms. The van der Waals surface area contributed by atoms with Gasteiger partial charge in [-0.1, -0.05) is 12.1 Å². The molecule has 112 valence electrons. The van der Waals surface area contributed by atoms with E-state index < -0.39 is 0 Å². The summed E-state index contributed by atoms with van der Waals surface area (Å²) in [5, 5.41) is 0. The number of carbonyl (C=O) groups excluding carboxylic acids is 1. The van der Waals surface area contributed by atoms with Crippen molar-refractivity contribution in [2.75, 3.05) is 26.8 Å². The topological polar surface area (TPSA) is 38.8 Å². The molecule has 3 aliphatic rings. The molecule has 0 radical (unpaired) electrons. The second kappa shape index (κ2) is 5.80. The van der Waals surface area contributed by atoms with Crippen LogP contribution >= 0.6 is 0 Å². The lowest BCUT2D eigenvalue weighted by Crippen LogP contribution is -2.45. The molecular formula is C17H21NO3. The Morgan fingerprint density at radius 2 is 2.10 bits per heavy atom. The van der Waals surface area contributed by atoms with Crippen molar-refractivity contribution in [1.82, 2.24) is 4.90 Å². The van der Waals surface area contributed by atoms with Gasteiger partial charge in [-0.3, -0.25) is 4.79 Å². The SMILES string of the molecule is CCOc1c(/C=C2/C(=O)C3CCN2CC3)cccc1OC. The summed E-state index contributed by atoms with van der Waals surface area (Å²) in [5.41, 5.74) is 1.74. The summed E-state index contributed by atoms with van der Waals surface area (Å²) >= 11 is 0. The van der Waals surface area contributed by atoms with Crippen molar-refractivity contribution >= 4 is 11.9 Å². The highest BCUT2D eigenvalue weighted by molar-refractivity contribution is 6.02. The maximum absolute atomic E-state index is 12.4. The van der Waals surface area contributed by atoms with Gasteiger partial charge in [0.05, 0.1) is 19.4 Å². The van der Waals surface area contributed by atoms with Crippen molar-refractivity contribution in [3.63, 3.8) is 0 Å². The van der Waals surface area contributed by atoms with Crippen LogP contribution in [0.3, 0.4) is 0 Å². The van der Waals surface area contributed by atoms with Crippen molar-refractivity contribution in [3.8, 4) is 11.5 Å². The number of carbonyl (C=O) groups is 1. The molecule has 0 N–H and O–H groups in total. The van der Waals surface area contributed by atoms with Crippen molar-refractivity contribution < 1.29 is 14.3 Å². The number of methoxy groups -OCH3 is 1. The lowest BCUT2D eigenvalue weighted by molar-refractivity contribution is -0.125. The Labute approximate surface area is 125 Å². The number of hydrogen-bond donors (Lipinski definition) is 0. The zero-order chi connectivity index (χ0) is 14.8. The lowest BCUT2D eigenvalue weighted by atomic mass is 9.84. The third-order valence-electron chi connectivity index (χ3n) is 4.27. The molecule has 0 saturated carbocycles. The molecule has 4 nitrogen and oxygen atoms in total. The summed E-state index contributed by atoms with van der Waals surface area (Å²) in [5.74, 6) is 1.90. The second-order valence-electron chi connectivity index (χ2n) is 5.47. The van der Waals surface area contributed by atoms with Gasteiger partial charge in [-0.25, -0.2) is 0 Å². The van der Waals surface area contributed by atoms with E-state index in [1.807, 2.05) is 31.2 Å². The maximum atomic E-state index is 12.4. The Bertz CT molecular complexity index is 571. The van der Waals surface area contributed by atoms with Crippen LogP contribution in [-0.4, -0.2) is 37.5 Å². The Morgan fingerprint density at radius 1 is 1.33 bits per heavy atom. The predicted molar refractivity (Wildman–Crippen MR) is 81.4 cm³/mol. The minimum Gasteiger partial charge on any atom is -0.493 e. The van der Waals surface area contributed by atoms with E-state index in [4.69, 9.17) is 9.47 Å². The molecule has 2 bridgehead atoms. The number of Topliss-reactive ketones (excluding diaryl/α,β-unsaturated/α-hetero) is 1. The highest BCUT2D eigenvalue weighted by Crippen LogP contribution is 2.36. The first-order valence-electron chi connectivity index (χ1n) is 7.55. The van der Waals surface area contributed by atoms with Crippen LogP contribution in [0.1, 0.15) is 25.3 Å². The third kappa shape index (κ3) is 2.50. The van der Waals surface area contributed by atoms with E-state index in [1.54, 1.807) is 7.11 Å². The molecule has 1 aromatic carbocycles. The quantitative estimate of drug-likeness (QED) is 0.798. The fourth-order valence-electron chi connectivity index (χ4n) is 3.16. The van der Waals surface area contributed by atoms with E-state index >= 15 is 0 Å². The molecular weight excluding hydrogens is 266 g/mol. The molecule has 4 rings (SSSR count). The smallest absolute Gasteiger partial charge is 0.182 e. The van der Waals surface area contributed by atoms with Crippen LogP contribution < -0.4 is 9.47 Å². The first kappa shape index (κ1) is 14.0. The molecule has 0 amide bonds. The fourth-order valence-corrected chi connectivity index (χ4v) is 3.16. The number of benzene rings is 1. The van der Waals surface area contributed by atoms with E-state index in [0.29, 0.717) is 18.1 Å². The van der Waals surface area contributed by atoms with E-state index in [-0.39, 0.29) is 11.7 Å². The van der Waals surface area contributed by atoms with Gasteiger partial charge in [-0.15, -0.1) is 0 Å². The van der Waals surface area contributed by atoms with Crippen molar-refractivity contribution in [2.24, 2.45) is 5.92 Å². The molecule has 3 fully saturated rings. The molecule has 0 unspecified atom stereocenters. The van der Waals surface area contributed by atoms with Crippen molar-refractivity contribution in [3.05, 3.63) is 29.5 Å². The zero-order valence-electron chi connectivity index (χ0n) is 12.6. The summed E-state index contributed by atoms with van der Waals surface area (Å²) < 4.78 is 11.1. The van der Waals surface area contributed by atoms with Gasteiger partial charge in [0.1, 0.15) is 0 Å². The highest BCUT2D eigenvalue weighted by Gasteiger charge is 2.36. The highest BCUT2D eigenvalue weighted by atomic mass is 16.5. The second-order valence-corrected chi connectivity index (χ2v) is 5.47. The monoisotopic (exact) mass is 287 g/mol. The molecule has 0 spiro atoms. The van der Waals surface area contributed by atoms with Crippen LogP contribution in [0.2, 0.25) is 0 Å². The van der Waals surface area contributed by atoms with Crippen LogP contribution in [0.5, 0.6) is 11.5 Å². The van der Waals surface area contributed by atoms with Gasteiger partial charge in [-0.05, 0) is 31.9 Å². The lowest BCUT2D eigenvalue weighted by Gasteiger charge is -2.41.